The van der Waals surface area contributed by atoms with E-state index in [1.165, 1.54) is 18.2 Å². The number of amides is 1. The molecule has 1 atom stereocenters. The summed E-state index contributed by atoms with van der Waals surface area (Å²) in [6, 6.07) is 4.14. The van der Waals surface area contributed by atoms with E-state index in [1.54, 1.807) is 20.8 Å². The fourth-order valence-corrected chi connectivity index (χ4v) is 1.50. The summed E-state index contributed by atoms with van der Waals surface area (Å²) in [5, 5.41) is 12.1. The molecule has 1 unspecified atom stereocenters. The summed E-state index contributed by atoms with van der Waals surface area (Å²) < 4.78 is 14.1. The third-order valence-electron chi connectivity index (χ3n) is 2.65. The quantitative estimate of drug-likeness (QED) is 0.901. The minimum atomic E-state index is -0.814. The third kappa shape index (κ3) is 3.51. The molecule has 2 N–H and O–H groups in total. The van der Waals surface area contributed by atoms with Crippen molar-refractivity contribution in [2.45, 2.75) is 32.4 Å². The van der Waals surface area contributed by atoms with Gasteiger partial charge in [0, 0.05) is 4.47 Å². The van der Waals surface area contributed by atoms with Gasteiger partial charge in [0.25, 0.3) is 5.91 Å². The summed E-state index contributed by atoms with van der Waals surface area (Å²) in [5.41, 5.74) is -0.862. The van der Waals surface area contributed by atoms with Crippen LogP contribution in [-0.4, -0.2) is 22.7 Å². The van der Waals surface area contributed by atoms with Crippen LogP contribution in [0.5, 0.6) is 0 Å². The van der Waals surface area contributed by atoms with Crippen LogP contribution in [0.15, 0.2) is 22.7 Å². The second-order valence-electron chi connectivity index (χ2n) is 4.48. The summed E-state index contributed by atoms with van der Waals surface area (Å²) >= 11 is 3.18. The van der Waals surface area contributed by atoms with Crippen molar-refractivity contribution >= 4 is 21.8 Å². The number of halogens is 2. The van der Waals surface area contributed by atoms with E-state index in [9.17, 15) is 14.3 Å². The van der Waals surface area contributed by atoms with Gasteiger partial charge >= 0.3 is 0 Å². The molecule has 0 heterocycles. The zero-order valence-electron chi connectivity index (χ0n) is 9.92. The van der Waals surface area contributed by atoms with Crippen LogP contribution >= 0.6 is 15.9 Å². The van der Waals surface area contributed by atoms with Crippen LogP contribution in [0.25, 0.3) is 0 Å². The van der Waals surface area contributed by atoms with E-state index < -0.39 is 23.4 Å². The number of aliphatic hydroxyl groups excluding tert-OH is 1. The van der Waals surface area contributed by atoms with Crippen molar-refractivity contribution in [2.75, 3.05) is 0 Å². The van der Waals surface area contributed by atoms with Gasteiger partial charge < -0.3 is 10.4 Å². The standard InChI is InChI=1S/C12H15BrFNO2/c1-7(16)12(2,3)15-11(17)9-6-8(13)4-5-10(9)14/h4-7,16H,1-3H3,(H,15,17). The molecule has 1 aromatic carbocycles. The van der Waals surface area contributed by atoms with Crippen molar-refractivity contribution in [2.24, 2.45) is 0 Å². The molecule has 1 amide bonds. The second-order valence-corrected chi connectivity index (χ2v) is 5.39. The third-order valence-corrected chi connectivity index (χ3v) is 3.15. The summed E-state index contributed by atoms with van der Waals surface area (Å²) in [6.07, 6.45) is -0.735. The van der Waals surface area contributed by atoms with Crippen molar-refractivity contribution in [1.29, 1.82) is 0 Å². The van der Waals surface area contributed by atoms with E-state index in [0.29, 0.717) is 4.47 Å². The van der Waals surface area contributed by atoms with Gasteiger partial charge in [-0.3, -0.25) is 4.79 Å². The normalized spacial score (nSPS) is 13.3. The van der Waals surface area contributed by atoms with Gasteiger partial charge in [-0.2, -0.15) is 0 Å². The fraction of sp³-hybridized carbons (Fsp3) is 0.417. The second kappa shape index (κ2) is 5.14. The van der Waals surface area contributed by atoms with Gasteiger partial charge in [0.2, 0.25) is 0 Å². The Balaban J connectivity index is 2.94. The molecule has 0 aliphatic carbocycles. The Morgan fingerprint density at radius 1 is 1.53 bits per heavy atom. The molecular weight excluding hydrogens is 289 g/mol. The lowest BCUT2D eigenvalue weighted by Gasteiger charge is -2.29. The zero-order chi connectivity index (χ0) is 13.2. The van der Waals surface area contributed by atoms with E-state index >= 15 is 0 Å². The highest BCUT2D eigenvalue weighted by Gasteiger charge is 2.27. The van der Waals surface area contributed by atoms with Gasteiger partial charge in [0.15, 0.2) is 0 Å². The van der Waals surface area contributed by atoms with Gasteiger partial charge in [0.05, 0.1) is 17.2 Å². The summed E-state index contributed by atoms with van der Waals surface area (Å²) in [7, 11) is 0. The number of hydrogen-bond acceptors (Lipinski definition) is 2. The first-order chi connectivity index (χ1) is 7.74. The molecule has 17 heavy (non-hydrogen) atoms. The summed E-state index contributed by atoms with van der Waals surface area (Å²) in [4.78, 5) is 11.9. The van der Waals surface area contributed by atoms with Gasteiger partial charge in [-0.15, -0.1) is 0 Å². The molecule has 94 valence electrons. The maximum Gasteiger partial charge on any atom is 0.254 e. The molecule has 0 saturated carbocycles. The van der Waals surface area contributed by atoms with Crippen LogP contribution in [-0.2, 0) is 0 Å². The van der Waals surface area contributed by atoms with E-state index in [2.05, 4.69) is 21.2 Å². The van der Waals surface area contributed by atoms with Crippen molar-refractivity contribution < 1.29 is 14.3 Å². The Kier molecular flexibility index (Phi) is 4.27. The van der Waals surface area contributed by atoms with Crippen LogP contribution in [0.4, 0.5) is 4.39 Å². The number of carbonyl (C=O) groups is 1. The van der Waals surface area contributed by atoms with Crippen LogP contribution in [0, 0.1) is 5.82 Å². The van der Waals surface area contributed by atoms with Crippen LogP contribution in [0.3, 0.4) is 0 Å². The minimum absolute atomic E-state index is 0.0481. The molecule has 1 rings (SSSR count). The predicted molar refractivity (Wildman–Crippen MR) is 67.3 cm³/mol. The van der Waals surface area contributed by atoms with Crippen molar-refractivity contribution in [3.8, 4) is 0 Å². The number of benzene rings is 1. The summed E-state index contributed by atoms with van der Waals surface area (Å²) in [6.45, 7) is 4.91. The largest absolute Gasteiger partial charge is 0.391 e. The Bertz CT molecular complexity index is 433. The Morgan fingerprint density at radius 3 is 2.65 bits per heavy atom. The number of hydrogen-bond donors (Lipinski definition) is 2. The molecule has 0 aliphatic rings. The Hall–Kier alpha value is -0.940. The first-order valence-electron chi connectivity index (χ1n) is 5.19. The van der Waals surface area contributed by atoms with Crippen LogP contribution in [0.2, 0.25) is 0 Å². The smallest absolute Gasteiger partial charge is 0.254 e. The monoisotopic (exact) mass is 303 g/mol. The Labute approximate surface area is 108 Å². The molecule has 0 fully saturated rings. The van der Waals surface area contributed by atoms with Gasteiger partial charge in [-0.25, -0.2) is 4.39 Å². The average Bonchev–Trinajstić information content (AvgIpc) is 2.20. The van der Waals surface area contributed by atoms with Crippen molar-refractivity contribution in [3.63, 3.8) is 0 Å². The molecule has 0 aromatic heterocycles. The lowest BCUT2D eigenvalue weighted by atomic mass is 9.98. The summed E-state index contributed by atoms with van der Waals surface area (Å²) in [5.74, 6) is -1.14. The first kappa shape index (κ1) is 14.1. The molecule has 0 saturated heterocycles. The SMILES string of the molecule is CC(O)C(C)(C)NC(=O)c1cc(Br)ccc1F. The highest BCUT2D eigenvalue weighted by atomic mass is 79.9. The molecule has 3 nitrogen and oxygen atoms in total. The predicted octanol–water partition coefficient (Wildman–Crippen LogP) is 2.48. The van der Waals surface area contributed by atoms with Gasteiger partial charge in [0.1, 0.15) is 5.82 Å². The molecular formula is C12H15BrFNO2. The zero-order valence-corrected chi connectivity index (χ0v) is 11.5. The van der Waals surface area contributed by atoms with E-state index in [1.807, 2.05) is 0 Å². The topological polar surface area (TPSA) is 49.3 Å². The average molecular weight is 304 g/mol. The Morgan fingerprint density at radius 2 is 2.12 bits per heavy atom. The van der Waals surface area contributed by atoms with Gasteiger partial charge in [-0.1, -0.05) is 15.9 Å². The lowest BCUT2D eigenvalue weighted by Crippen LogP contribution is -2.51. The first-order valence-corrected chi connectivity index (χ1v) is 5.99. The fourth-order valence-electron chi connectivity index (χ4n) is 1.14. The lowest BCUT2D eigenvalue weighted by molar-refractivity contribution is 0.0706. The van der Waals surface area contributed by atoms with Crippen LogP contribution < -0.4 is 5.32 Å². The maximum absolute atomic E-state index is 13.5. The highest BCUT2D eigenvalue weighted by Crippen LogP contribution is 2.17. The van der Waals surface area contributed by atoms with Crippen molar-refractivity contribution in [3.05, 3.63) is 34.1 Å². The minimum Gasteiger partial charge on any atom is -0.391 e. The molecule has 5 heteroatoms. The molecule has 0 radical (unpaired) electrons. The van der Waals surface area contributed by atoms with Crippen LogP contribution in [0.1, 0.15) is 31.1 Å². The van der Waals surface area contributed by atoms with E-state index in [-0.39, 0.29) is 5.56 Å². The number of carbonyl (C=O) groups excluding carboxylic acids is 1. The molecule has 0 bridgehead atoms. The number of nitrogens with one attached hydrogen (secondary N) is 1. The van der Waals surface area contributed by atoms with Crippen molar-refractivity contribution in [1.82, 2.24) is 5.32 Å². The van der Waals surface area contributed by atoms with E-state index in [0.717, 1.165) is 0 Å². The highest BCUT2D eigenvalue weighted by molar-refractivity contribution is 9.10. The van der Waals surface area contributed by atoms with E-state index in [4.69, 9.17) is 0 Å². The number of rotatable bonds is 3. The number of aliphatic hydroxyl groups is 1. The maximum atomic E-state index is 13.5. The molecule has 0 aliphatic heterocycles. The molecule has 0 spiro atoms. The molecule has 1 aromatic rings. The van der Waals surface area contributed by atoms with Gasteiger partial charge in [-0.05, 0) is 39.0 Å².